The van der Waals surface area contributed by atoms with Crippen LogP contribution in [-0.4, -0.2) is 59.2 Å². The number of ether oxygens (including phenoxy) is 2. The topological polar surface area (TPSA) is 89.9 Å². The number of methoxy groups -OCH3 is 1. The van der Waals surface area contributed by atoms with E-state index in [2.05, 4.69) is 10.2 Å². The van der Waals surface area contributed by atoms with Crippen molar-refractivity contribution >= 4 is 45.9 Å². The van der Waals surface area contributed by atoms with Gasteiger partial charge in [-0.3, -0.25) is 19.3 Å². The number of likely N-dealkylation sites (tertiary alicyclic amines) is 1. The van der Waals surface area contributed by atoms with Gasteiger partial charge in [0.05, 0.1) is 35.4 Å². The van der Waals surface area contributed by atoms with E-state index >= 15 is 4.39 Å². The van der Waals surface area contributed by atoms with Gasteiger partial charge in [0.2, 0.25) is 0 Å². The van der Waals surface area contributed by atoms with Crippen molar-refractivity contribution in [2.75, 3.05) is 25.5 Å². The average Bonchev–Trinajstić information content (AvgIpc) is 3.67. The van der Waals surface area contributed by atoms with Gasteiger partial charge in [-0.25, -0.2) is 4.39 Å². The smallest absolute Gasteiger partial charge is 0.308 e. The van der Waals surface area contributed by atoms with Gasteiger partial charge in [0.25, 0.3) is 5.91 Å². The van der Waals surface area contributed by atoms with Gasteiger partial charge in [0.1, 0.15) is 5.82 Å². The maximum Gasteiger partial charge on any atom is 0.308 e. The molecule has 2 fully saturated rings. The molecule has 0 spiro atoms. The van der Waals surface area contributed by atoms with E-state index in [0.29, 0.717) is 44.3 Å². The third kappa shape index (κ3) is 6.28. The lowest BCUT2D eigenvalue weighted by molar-refractivity contribution is -0.212. The largest absolute Gasteiger partial charge is 0.469 e. The summed E-state index contributed by atoms with van der Waals surface area (Å²) < 4.78 is 29.2. The van der Waals surface area contributed by atoms with Gasteiger partial charge in [-0.1, -0.05) is 43.6 Å². The first-order valence-corrected chi connectivity index (χ1v) is 15.8. The van der Waals surface area contributed by atoms with Crippen LogP contribution in [0.25, 0.3) is 10.9 Å². The number of anilines is 1. The van der Waals surface area contributed by atoms with Crippen molar-refractivity contribution in [3.05, 3.63) is 64.6 Å². The summed E-state index contributed by atoms with van der Waals surface area (Å²) in [6.45, 7) is 5.35. The third-order valence-corrected chi connectivity index (χ3v) is 9.50. The highest BCUT2D eigenvalue weighted by Crippen LogP contribution is 2.38. The number of carbonyl (C=O) groups is 3. The molecular formula is C34H41ClFN3O5. The fraction of sp³-hybridized carbons (Fsp3) is 0.500. The molecule has 1 saturated carbocycles. The van der Waals surface area contributed by atoms with Crippen molar-refractivity contribution in [1.82, 2.24) is 9.47 Å². The van der Waals surface area contributed by atoms with Crippen LogP contribution in [0.15, 0.2) is 42.6 Å². The Morgan fingerprint density at radius 1 is 1.09 bits per heavy atom. The predicted octanol–water partition coefficient (Wildman–Crippen LogP) is 6.53. The number of benzene rings is 2. The second-order valence-corrected chi connectivity index (χ2v) is 12.7. The number of esters is 1. The standard InChI is InChI=1S/C34H41ClFN3O5/c1-21(2)34(39-15-7-8-16-39,44-24-13-11-22(12-14-24)33(42)43-4)31(40)18-23-17-27(35)29(19-28(23)36)37-32(41)26-20-38(3)30-10-6-5-9-25(26)30/h5-6,9-10,17,19-22,24H,7-8,11-16,18H2,1-4H3,(H,37,41)/t22-,24-,34?. The summed E-state index contributed by atoms with van der Waals surface area (Å²) in [4.78, 5) is 41.6. The van der Waals surface area contributed by atoms with Crippen LogP contribution in [0.3, 0.4) is 0 Å². The van der Waals surface area contributed by atoms with Gasteiger partial charge < -0.3 is 19.4 Å². The molecule has 1 aliphatic carbocycles. The first-order valence-electron chi connectivity index (χ1n) is 15.4. The van der Waals surface area contributed by atoms with Crippen molar-refractivity contribution in [2.45, 2.75) is 70.6 Å². The zero-order valence-electron chi connectivity index (χ0n) is 25.8. The number of aryl methyl sites for hydroxylation is 1. The second kappa shape index (κ2) is 13.4. The zero-order valence-corrected chi connectivity index (χ0v) is 26.6. The van der Waals surface area contributed by atoms with E-state index in [1.807, 2.05) is 49.7 Å². The van der Waals surface area contributed by atoms with E-state index in [1.165, 1.54) is 19.2 Å². The van der Waals surface area contributed by atoms with Crippen molar-refractivity contribution in [3.8, 4) is 0 Å². The molecule has 1 N–H and O–H groups in total. The number of nitrogens with zero attached hydrogens (tertiary/aromatic N) is 2. The number of amides is 1. The summed E-state index contributed by atoms with van der Waals surface area (Å²) in [5, 5.41) is 3.66. The lowest BCUT2D eigenvalue weighted by Gasteiger charge is -2.46. The minimum Gasteiger partial charge on any atom is -0.469 e. The number of Topliss-reactive ketones (excluding diaryl/α,β-unsaturated/α-hetero) is 1. The maximum atomic E-state index is 15.6. The van der Waals surface area contributed by atoms with Gasteiger partial charge in [-0.05, 0) is 62.3 Å². The van der Waals surface area contributed by atoms with Crippen molar-refractivity contribution in [2.24, 2.45) is 18.9 Å². The molecule has 1 aromatic heterocycles. The number of fused-ring (bicyclic) bond motifs is 1. The Morgan fingerprint density at radius 3 is 2.43 bits per heavy atom. The zero-order chi connectivity index (χ0) is 31.6. The number of nitrogens with one attached hydrogen (secondary N) is 1. The molecule has 1 saturated heterocycles. The van der Waals surface area contributed by atoms with Gasteiger partial charge in [-0.2, -0.15) is 0 Å². The van der Waals surface area contributed by atoms with Crippen LogP contribution >= 0.6 is 11.6 Å². The summed E-state index contributed by atoms with van der Waals surface area (Å²) in [7, 11) is 3.26. The monoisotopic (exact) mass is 625 g/mol. The minimum absolute atomic E-state index is 0.131. The van der Waals surface area contributed by atoms with E-state index < -0.39 is 17.4 Å². The molecule has 0 bridgehead atoms. The first kappa shape index (κ1) is 32.1. The van der Waals surface area contributed by atoms with Gasteiger partial charge in [-0.15, -0.1) is 0 Å². The molecular weight excluding hydrogens is 585 g/mol. The van der Waals surface area contributed by atoms with Crippen LogP contribution in [0.5, 0.6) is 0 Å². The Hall–Kier alpha value is -3.27. The van der Waals surface area contributed by atoms with E-state index in [4.69, 9.17) is 21.1 Å². The number of para-hydroxylation sites is 1. The van der Waals surface area contributed by atoms with Crippen molar-refractivity contribution < 1.29 is 28.2 Å². The Labute approximate surface area is 262 Å². The number of hydrogen-bond donors (Lipinski definition) is 1. The molecule has 2 aliphatic rings. The number of rotatable bonds is 10. The molecule has 1 aliphatic heterocycles. The summed E-state index contributed by atoms with van der Waals surface area (Å²) in [6, 6.07) is 10.1. The number of aromatic nitrogens is 1. The molecule has 1 amide bonds. The molecule has 236 valence electrons. The molecule has 44 heavy (non-hydrogen) atoms. The van der Waals surface area contributed by atoms with Gasteiger partial charge in [0.15, 0.2) is 11.5 Å². The molecule has 0 radical (unpaired) electrons. The van der Waals surface area contributed by atoms with Crippen LogP contribution in [-0.2, 0) is 32.5 Å². The molecule has 2 heterocycles. The van der Waals surface area contributed by atoms with Gasteiger partial charge in [0, 0.05) is 49.6 Å². The van der Waals surface area contributed by atoms with E-state index in [1.54, 1.807) is 6.20 Å². The molecule has 5 rings (SSSR count). The third-order valence-electron chi connectivity index (χ3n) is 9.19. The molecule has 2 aromatic carbocycles. The Bertz CT molecular complexity index is 1540. The summed E-state index contributed by atoms with van der Waals surface area (Å²) in [6.07, 6.45) is 5.76. The summed E-state index contributed by atoms with van der Waals surface area (Å²) in [5.74, 6) is -1.84. The number of hydrogen-bond acceptors (Lipinski definition) is 6. The quantitative estimate of drug-likeness (QED) is 0.258. The highest BCUT2D eigenvalue weighted by atomic mass is 35.5. The molecule has 10 heteroatoms. The Morgan fingerprint density at radius 2 is 1.77 bits per heavy atom. The molecule has 3 aromatic rings. The van der Waals surface area contributed by atoms with Crippen molar-refractivity contribution in [3.63, 3.8) is 0 Å². The number of carbonyl (C=O) groups excluding carboxylic acids is 3. The Balaban J connectivity index is 1.36. The number of ketones is 1. The highest BCUT2D eigenvalue weighted by Gasteiger charge is 2.50. The maximum absolute atomic E-state index is 15.6. The van der Waals surface area contributed by atoms with Crippen LogP contribution in [0.4, 0.5) is 10.1 Å². The number of halogens is 2. The summed E-state index contributed by atoms with van der Waals surface area (Å²) >= 11 is 6.57. The molecule has 1 atom stereocenters. The first-order chi connectivity index (χ1) is 21.0. The fourth-order valence-corrected chi connectivity index (χ4v) is 7.09. The van der Waals surface area contributed by atoms with Crippen LogP contribution in [0.1, 0.15) is 68.3 Å². The summed E-state index contributed by atoms with van der Waals surface area (Å²) in [5.41, 5.74) is 0.384. The van der Waals surface area contributed by atoms with E-state index in [9.17, 15) is 14.4 Å². The van der Waals surface area contributed by atoms with Crippen molar-refractivity contribution in [1.29, 1.82) is 0 Å². The second-order valence-electron chi connectivity index (χ2n) is 12.3. The highest BCUT2D eigenvalue weighted by molar-refractivity contribution is 6.34. The minimum atomic E-state index is -1.24. The molecule has 1 unspecified atom stereocenters. The molecule has 8 nitrogen and oxygen atoms in total. The SMILES string of the molecule is COC(=O)[C@H]1CC[C@H](OC(C(=O)Cc2cc(Cl)c(NC(=O)c3cn(C)c4ccccc34)cc2F)(C(C)C)N2CCCC2)CC1. The van der Waals surface area contributed by atoms with E-state index in [-0.39, 0.29) is 52.4 Å². The average molecular weight is 626 g/mol. The Kier molecular flexibility index (Phi) is 9.77. The van der Waals surface area contributed by atoms with E-state index in [0.717, 1.165) is 23.7 Å². The van der Waals surface area contributed by atoms with Crippen LogP contribution in [0, 0.1) is 17.7 Å². The lowest BCUT2D eigenvalue weighted by atomic mass is 9.85. The lowest BCUT2D eigenvalue weighted by Crippen LogP contribution is -2.61. The van der Waals surface area contributed by atoms with Crippen LogP contribution in [0.2, 0.25) is 5.02 Å². The fourth-order valence-electron chi connectivity index (χ4n) is 6.86. The predicted molar refractivity (Wildman–Crippen MR) is 168 cm³/mol. The normalized spacial score (nSPS) is 20.5. The van der Waals surface area contributed by atoms with Gasteiger partial charge >= 0.3 is 5.97 Å². The van der Waals surface area contributed by atoms with Crippen LogP contribution < -0.4 is 5.32 Å².